The number of anilines is 2. The molecule has 0 atom stereocenters. The number of ether oxygens (including phenoxy) is 1. The number of aromatic nitrogens is 4. The molecule has 0 unspecified atom stereocenters. The molecule has 0 aliphatic heterocycles. The van der Waals surface area contributed by atoms with E-state index < -0.39 is 28.8 Å². The van der Waals surface area contributed by atoms with E-state index >= 15 is 0 Å². The SMILES string of the molecule is COc1ccc(C(c2c(O)nc(N)[nH]c2=O)c2c(O)nc(N)[nH]c2=O)cc1. The number of hydrogen-bond acceptors (Lipinski definition) is 9. The highest BCUT2D eigenvalue weighted by Crippen LogP contribution is 2.36. The normalized spacial score (nSPS) is 10.9. The Morgan fingerprint density at radius 2 is 1.37 bits per heavy atom. The molecule has 8 N–H and O–H groups in total. The molecule has 2 heterocycles. The van der Waals surface area contributed by atoms with Crippen molar-refractivity contribution in [3.63, 3.8) is 0 Å². The van der Waals surface area contributed by atoms with Gasteiger partial charge in [0.2, 0.25) is 23.7 Å². The van der Waals surface area contributed by atoms with E-state index in [0.717, 1.165) is 0 Å². The molecule has 0 spiro atoms. The lowest BCUT2D eigenvalue weighted by Crippen LogP contribution is -2.26. The molecule has 140 valence electrons. The van der Waals surface area contributed by atoms with Crippen LogP contribution < -0.4 is 27.3 Å². The second-order valence-electron chi connectivity index (χ2n) is 5.58. The minimum Gasteiger partial charge on any atom is -0.497 e. The molecule has 0 aliphatic rings. The fraction of sp³-hybridized carbons (Fsp3) is 0.125. The van der Waals surface area contributed by atoms with E-state index in [1.54, 1.807) is 24.3 Å². The Morgan fingerprint density at radius 1 is 0.926 bits per heavy atom. The van der Waals surface area contributed by atoms with Crippen molar-refractivity contribution in [2.45, 2.75) is 5.92 Å². The zero-order valence-corrected chi connectivity index (χ0v) is 14.1. The number of aromatic amines is 2. The number of H-pyrrole nitrogens is 2. The van der Waals surface area contributed by atoms with Gasteiger partial charge in [-0.1, -0.05) is 12.1 Å². The van der Waals surface area contributed by atoms with Crippen LogP contribution in [0.2, 0.25) is 0 Å². The molecule has 0 aliphatic carbocycles. The summed E-state index contributed by atoms with van der Waals surface area (Å²) in [6.45, 7) is 0. The number of nitrogen functional groups attached to an aromatic ring is 2. The van der Waals surface area contributed by atoms with Crippen molar-refractivity contribution >= 4 is 11.9 Å². The third-order valence-corrected chi connectivity index (χ3v) is 3.93. The largest absolute Gasteiger partial charge is 0.497 e. The molecule has 11 nitrogen and oxygen atoms in total. The van der Waals surface area contributed by atoms with Gasteiger partial charge in [0.05, 0.1) is 24.2 Å². The smallest absolute Gasteiger partial charge is 0.260 e. The van der Waals surface area contributed by atoms with Crippen molar-refractivity contribution in [1.29, 1.82) is 0 Å². The number of rotatable bonds is 4. The van der Waals surface area contributed by atoms with Crippen molar-refractivity contribution in [3.8, 4) is 17.5 Å². The third-order valence-electron chi connectivity index (χ3n) is 3.93. The summed E-state index contributed by atoms with van der Waals surface area (Å²) in [6.07, 6.45) is 0. The summed E-state index contributed by atoms with van der Waals surface area (Å²) in [5.41, 5.74) is 9.11. The molecule has 3 rings (SSSR count). The first-order valence-electron chi connectivity index (χ1n) is 7.63. The minimum absolute atomic E-state index is 0.290. The standard InChI is InChI=1S/C16H16N6O5/c1-27-7-4-2-6(3-5-7)8(9-11(23)19-15(17)20-12(9)24)10-13(25)21-16(18)22-14(10)26/h2-5,8H,1H3,(H4,17,19,20,23,24)(H4,18,21,22,25,26). The predicted octanol–water partition coefficient (Wildman–Crippen LogP) is -0.382. The van der Waals surface area contributed by atoms with Gasteiger partial charge >= 0.3 is 0 Å². The summed E-state index contributed by atoms with van der Waals surface area (Å²) in [6, 6.07) is 6.31. The Bertz CT molecular complexity index is 1040. The first kappa shape index (κ1) is 17.8. The Kier molecular flexibility index (Phi) is 4.42. The van der Waals surface area contributed by atoms with E-state index in [4.69, 9.17) is 16.2 Å². The molecule has 0 fully saturated rings. The second kappa shape index (κ2) is 6.71. The summed E-state index contributed by atoms with van der Waals surface area (Å²) in [5.74, 6) is -2.66. The Hall–Kier alpha value is -4.02. The number of aromatic hydroxyl groups is 2. The maximum Gasteiger partial charge on any atom is 0.260 e. The van der Waals surface area contributed by atoms with Gasteiger partial charge < -0.3 is 26.4 Å². The second-order valence-corrected chi connectivity index (χ2v) is 5.58. The molecule has 0 amide bonds. The van der Waals surface area contributed by atoms with E-state index in [1.165, 1.54) is 7.11 Å². The van der Waals surface area contributed by atoms with E-state index in [2.05, 4.69) is 19.9 Å². The van der Waals surface area contributed by atoms with Crippen LogP contribution in [-0.4, -0.2) is 37.3 Å². The number of methoxy groups -OCH3 is 1. The van der Waals surface area contributed by atoms with Crippen molar-refractivity contribution in [1.82, 2.24) is 19.9 Å². The van der Waals surface area contributed by atoms with E-state index in [1.807, 2.05) is 0 Å². The van der Waals surface area contributed by atoms with Gasteiger partial charge in [-0.3, -0.25) is 19.6 Å². The monoisotopic (exact) mass is 372 g/mol. The summed E-state index contributed by atoms with van der Waals surface area (Å²) in [7, 11) is 1.48. The van der Waals surface area contributed by atoms with Gasteiger partial charge in [-0.2, -0.15) is 9.97 Å². The van der Waals surface area contributed by atoms with Crippen LogP contribution in [0.5, 0.6) is 17.5 Å². The van der Waals surface area contributed by atoms with E-state index in [-0.39, 0.29) is 23.0 Å². The Morgan fingerprint density at radius 3 is 1.74 bits per heavy atom. The van der Waals surface area contributed by atoms with Crippen LogP contribution in [0.4, 0.5) is 11.9 Å². The molecule has 1 aromatic carbocycles. The zero-order valence-electron chi connectivity index (χ0n) is 14.1. The van der Waals surface area contributed by atoms with Crippen molar-refractivity contribution in [3.05, 3.63) is 61.7 Å². The molecule has 0 bridgehead atoms. The number of nitrogens with one attached hydrogen (secondary N) is 2. The molecule has 0 saturated heterocycles. The van der Waals surface area contributed by atoms with Gasteiger partial charge in [-0.05, 0) is 17.7 Å². The number of hydrogen-bond donors (Lipinski definition) is 6. The number of nitrogens with zero attached hydrogens (tertiary/aromatic N) is 2. The first-order chi connectivity index (χ1) is 12.8. The van der Waals surface area contributed by atoms with Gasteiger partial charge in [0.25, 0.3) is 11.1 Å². The van der Waals surface area contributed by atoms with Gasteiger partial charge in [0.15, 0.2) is 0 Å². The summed E-state index contributed by atoms with van der Waals surface area (Å²) in [5, 5.41) is 20.5. The first-order valence-corrected chi connectivity index (χ1v) is 7.63. The highest BCUT2D eigenvalue weighted by Gasteiger charge is 2.30. The fourth-order valence-electron chi connectivity index (χ4n) is 2.77. The topological polar surface area (TPSA) is 193 Å². The van der Waals surface area contributed by atoms with Crippen molar-refractivity contribution in [2.24, 2.45) is 0 Å². The molecule has 0 saturated carbocycles. The average Bonchev–Trinajstić information content (AvgIpc) is 2.59. The zero-order chi connectivity index (χ0) is 19.7. The Labute approximate surface area is 151 Å². The molecule has 0 radical (unpaired) electrons. The molecule has 27 heavy (non-hydrogen) atoms. The molecular weight excluding hydrogens is 356 g/mol. The lowest BCUT2D eigenvalue weighted by molar-refractivity contribution is 0.414. The molecule has 11 heteroatoms. The van der Waals surface area contributed by atoms with Gasteiger partial charge in [0.1, 0.15) is 5.75 Å². The highest BCUT2D eigenvalue weighted by molar-refractivity contribution is 5.50. The van der Waals surface area contributed by atoms with Gasteiger partial charge in [-0.15, -0.1) is 0 Å². The minimum atomic E-state index is -1.20. The molecule has 3 aromatic rings. The lowest BCUT2D eigenvalue weighted by atomic mass is 9.87. The van der Waals surface area contributed by atoms with Gasteiger partial charge in [-0.25, -0.2) is 0 Å². The quantitative estimate of drug-likeness (QED) is 0.354. The average molecular weight is 372 g/mol. The predicted molar refractivity (Wildman–Crippen MR) is 95.8 cm³/mol. The van der Waals surface area contributed by atoms with Crippen LogP contribution in [0, 0.1) is 0 Å². The highest BCUT2D eigenvalue weighted by atomic mass is 16.5. The van der Waals surface area contributed by atoms with E-state index in [9.17, 15) is 19.8 Å². The van der Waals surface area contributed by atoms with Crippen LogP contribution in [0.25, 0.3) is 0 Å². The van der Waals surface area contributed by atoms with Crippen LogP contribution >= 0.6 is 0 Å². The van der Waals surface area contributed by atoms with Crippen LogP contribution in [0.3, 0.4) is 0 Å². The summed E-state index contributed by atoms with van der Waals surface area (Å²) < 4.78 is 5.09. The molecule has 2 aromatic heterocycles. The molecular formula is C16H16N6O5. The van der Waals surface area contributed by atoms with Gasteiger partial charge in [0, 0.05) is 0 Å². The number of benzene rings is 1. The Balaban J connectivity index is 2.35. The lowest BCUT2D eigenvalue weighted by Gasteiger charge is -2.18. The van der Waals surface area contributed by atoms with Crippen LogP contribution in [0.15, 0.2) is 33.9 Å². The van der Waals surface area contributed by atoms with Crippen LogP contribution in [-0.2, 0) is 0 Å². The van der Waals surface area contributed by atoms with Crippen molar-refractivity contribution < 1.29 is 14.9 Å². The summed E-state index contributed by atoms with van der Waals surface area (Å²) >= 11 is 0. The maximum atomic E-state index is 12.5. The fourth-order valence-corrected chi connectivity index (χ4v) is 2.77. The van der Waals surface area contributed by atoms with Crippen LogP contribution in [0.1, 0.15) is 22.6 Å². The third kappa shape index (κ3) is 3.25. The maximum absolute atomic E-state index is 12.5. The van der Waals surface area contributed by atoms with E-state index in [0.29, 0.717) is 11.3 Å². The number of nitrogens with two attached hydrogens (primary N) is 2. The van der Waals surface area contributed by atoms with Crippen molar-refractivity contribution in [2.75, 3.05) is 18.6 Å². The summed E-state index contributed by atoms with van der Waals surface area (Å²) in [4.78, 5) is 36.7.